The average Bonchev–Trinajstić information content (AvgIpc) is 2.73. The Bertz CT molecular complexity index is 596. The van der Waals surface area contributed by atoms with Crippen LogP contribution in [0.1, 0.15) is 31.4 Å². The number of carbonyl (C=O) groups is 3. The van der Waals surface area contributed by atoms with E-state index in [4.69, 9.17) is 0 Å². The van der Waals surface area contributed by atoms with E-state index >= 15 is 0 Å². The van der Waals surface area contributed by atoms with Crippen LogP contribution in [0.2, 0.25) is 0 Å². The molecule has 23 heavy (non-hydrogen) atoms. The maximum atomic E-state index is 12.2. The van der Waals surface area contributed by atoms with Crippen LogP contribution in [-0.2, 0) is 16.1 Å². The first-order valence-electron chi connectivity index (χ1n) is 7.81. The Labute approximate surface area is 136 Å². The summed E-state index contributed by atoms with van der Waals surface area (Å²) in [6.45, 7) is 6.09. The summed E-state index contributed by atoms with van der Waals surface area (Å²) in [6.07, 6.45) is 0.575. The van der Waals surface area contributed by atoms with Crippen LogP contribution in [0.25, 0.3) is 0 Å². The van der Waals surface area contributed by atoms with Crippen molar-refractivity contribution in [3.05, 3.63) is 35.4 Å². The Morgan fingerprint density at radius 3 is 2.52 bits per heavy atom. The fraction of sp³-hybridized carbons (Fsp3) is 0.471. The Hall–Kier alpha value is -2.37. The summed E-state index contributed by atoms with van der Waals surface area (Å²) >= 11 is 0. The number of amides is 4. The second-order valence-corrected chi connectivity index (χ2v) is 6.32. The number of nitrogens with one attached hydrogen (secondary N) is 2. The van der Waals surface area contributed by atoms with Crippen molar-refractivity contribution < 1.29 is 14.4 Å². The average molecular weight is 317 g/mol. The molecule has 0 saturated carbocycles. The molecule has 1 atom stereocenters. The van der Waals surface area contributed by atoms with E-state index < -0.39 is 12.1 Å². The van der Waals surface area contributed by atoms with Crippen LogP contribution in [0.15, 0.2) is 24.3 Å². The van der Waals surface area contributed by atoms with Gasteiger partial charge in [0.1, 0.15) is 12.6 Å². The molecule has 0 aromatic heterocycles. The van der Waals surface area contributed by atoms with Gasteiger partial charge in [-0.1, -0.05) is 43.7 Å². The molecule has 1 heterocycles. The van der Waals surface area contributed by atoms with Crippen molar-refractivity contribution in [1.29, 1.82) is 0 Å². The number of aryl methyl sites for hydroxylation is 1. The maximum absolute atomic E-state index is 12.2. The number of hydrogen-bond donors (Lipinski definition) is 2. The van der Waals surface area contributed by atoms with Gasteiger partial charge in [0.2, 0.25) is 5.91 Å². The molecular weight excluding hydrogens is 294 g/mol. The van der Waals surface area contributed by atoms with Crippen LogP contribution < -0.4 is 10.6 Å². The summed E-state index contributed by atoms with van der Waals surface area (Å²) in [4.78, 5) is 37.0. The number of hydrogen-bond acceptors (Lipinski definition) is 3. The molecule has 1 fully saturated rings. The predicted molar refractivity (Wildman–Crippen MR) is 86.5 cm³/mol. The number of imide groups is 1. The van der Waals surface area contributed by atoms with Gasteiger partial charge in [0.05, 0.1) is 0 Å². The lowest BCUT2D eigenvalue weighted by molar-refractivity contribution is -0.132. The second kappa shape index (κ2) is 7.26. The lowest BCUT2D eigenvalue weighted by Crippen LogP contribution is -2.41. The van der Waals surface area contributed by atoms with Gasteiger partial charge in [-0.2, -0.15) is 0 Å². The fourth-order valence-electron chi connectivity index (χ4n) is 2.46. The molecule has 0 bridgehead atoms. The zero-order valence-electron chi connectivity index (χ0n) is 13.8. The third-order valence-electron chi connectivity index (χ3n) is 3.73. The molecule has 0 aliphatic carbocycles. The van der Waals surface area contributed by atoms with Crippen LogP contribution in [-0.4, -0.2) is 35.3 Å². The summed E-state index contributed by atoms with van der Waals surface area (Å²) in [5.74, 6) is -0.381. The summed E-state index contributed by atoms with van der Waals surface area (Å²) in [5.41, 5.74) is 2.12. The van der Waals surface area contributed by atoms with Crippen molar-refractivity contribution in [3.63, 3.8) is 0 Å². The molecule has 2 N–H and O–H groups in total. The van der Waals surface area contributed by atoms with E-state index in [0.29, 0.717) is 18.9 Å². The number of nitrogens with zero attached hydrogens (tertiary/aromatic N) is 1. The number of rotatable bonds is 6. The van der Waals surface area contributed by atoms with Crippen LogP contribution in [0, 0.1) is 12.8 Å². The molecule has 124 valence electrons. The fourth-order valence-corrected chi connectivity index (χ4v) is 2.46. The van der Waals surface area contributed by atoms with Gasteiger partial charge in [-0.3, -0.25) is 14.5 Å². The SMILES string of the molecule is Cc1ccc(CNC(=O)CN2C(=O)N[C@H](CC(C)C)C2=O)cc1. The highest BCUT2D eigenvalue weighted by Crippen LogP contribution is 2.13. The van der Waals surface area contributed by atoms with E-state index in [9.17, 15) is 14.4 Å². The highest BCUT2D eigenvalue weighted by atomic mass is 16.2. The van der Waals surface area contributed by atoms with Crippen LogP contribution in [0.5, 0.6) is 0 Å². The second-order valence-electron chi connectivity index (χ2n) is 6.32. The lowest BCUT2D eigenvalue weighted by atomic mass is 10.0. The van der Waals surface area contributed by atoms with Crippen molar-refractivity contribution in [1.82, 2.24) is 15.5 Å². The minimum atomic E-state index is -0.521. The molecular formula is C17H23N3O3. The molecule has 0 unspecified atom stereocenters. The molecule has 1 saturated heterocycles. The highest BCUT2D eigenvalue weighted by Gasteiger charge is 2.38. The van der Waals surface area contributed by atoms with Gasteiger partial charge >= 0.3 is 6.03 Å². The Morgan fingerprint density at radius 1 is 1.26 bits per heavy atom. The smallest absolute Gasteiger partial charge is 0.325 e. The topological polar surface area (TPSA) is 78.5 Å². The summed E-state index contributed by atoms with van der Waals surface area (Å²) < 4.78 is 0. The molecule has 6 nitrogen and oxygen atoms in total. The van der Waals surface area contributed by atoms with E-state index in [0.717, 1.165) is 16.0 Å². The Balaban J connectivity index is 1.86. The van der Waals surface area contributed by atoms with E-state index in [1.165, 1.54) is 0 Å². The van der Waals surface area contributed by atoms with E-state index in [-0.39, 0.29) is 18.4 Å². The molecule has 6 heteroatoms. The number of urea groups is 1. The monoisotopic (exact) mass is 317 g/mol. The summed E-state index contributed by atoms with van der Waals surface area (Å²) in [5, 5.41) is 5.36. The molecule has 1 aromatic rings. The van der Waals surface area contributed by atoms with E-state index in [1.54, 1.807) is 0 Å². The first-order chi connectivity index (χ1) is 10.9. The van der Waals surface area contributed by atoms with E-state index in [2.05, 4.69) is 10.6 Å². The standard InChI is InChI=1S/C17H23N3O3/c1-11(2)8-14-16(22)20(17(23)19-14)10-15(21)18-9-13-6-4-12(3)5-7-13/h4-7,11,14H,8-10H2,1-3H3,(H,18,21)(H,19,23)/t14-/m1/s1. The Kier molecular flexibility index (Phi) is 5.36. The maximum Gasteiger partial charge on any atom is 0.325 e. The van der Waals surface area contributed by atoms with Gasteiger partial charge in [0.25, 0.3) is 5.91 Å². The molecule has 1 aliphatic rings. The molecule has 0 radical (unpaired) electrons. The molecule has 4 amide bonds. The highest BCUT2D eigenvalue weighted by molar-refractivity contribution is 6.06. The number of benzene rings is 1. The summed E-state index contributed by atoms with van der Waals surface area (Å²) in [6, 6.07) is 6.79. The summed E-state index contributed by atoms with van der Waals surface area (Å²) in [7, 11) is 0. The Morgan fingerprint density at radius 2 is 1.91 bits per heavy atom. The van der Waals surface area contributed by atoms with Crippen molar-refractivity contribution in [3.8, 4) is 0 Å². The zero-order chi connectivity index (χ0) is 17.0. The molecule has 1 aromatic carbocycles. The van der Waals surface area contributed by atoms with Crippen LogP contribution >= 0.6 is 0 Å². The molecule has 1 aliphatic heterocycles. The van der Waals surface area contributed by atoms with Gasteiger partial charge < -0.3 is 10.6 Å². The normalized spacial score (nSPS) is 17.6. The van der Waals surface area contributed by atoms with Crippen molar-refractivity contribution in [2.24, 2.45) is 5.92 Å². The largest absolute Gasteiger partial charge is 0.350 e. The first-order valence-corrected chi connectivity index (χ1v) is 7.81. The first kappa shape index (κ1) is 17.0. The third kappa shape index (κ3) is 4.55. The van der Waals surface area contributed by atoms with Crippen LogP contribution in [0.3, 0.4) is 0 Å². The minimum absolute atomic E-state index is 0.245. The minimum Gasteiger partial charge on any atom is -0.350 e. The lowest BCUT2D eigenvalue weighted by Gasteiger charge is -2.14. The van der Waals surface area contributed by atoms with Gasteiger partial charge in [0, 0.05) is 6.54 Å². The predicted octanol–water partition coefficient (Wildman–Crippen LogP) is 1.58. The van der Waals surface area contributed by atoms with Crippen molar-refractivity contribution >= 4 is 17.8 Å². The van der Waals surface area contributed by atoms with Gasteiger partial charge in [0.15, 0.2) is 0 Å². The molecule has 0 spiro atoms. The van der Waals surface area contributed by atoms with E-state index in [1.807, 2.05) is 45.0 Å². The van der Waals surface area contributed by atoms with Gasteiger partial charge in [-0.25, -0.2) is 4.79 Å². The van der Waals surface area contributed by atoms with Crippen LogP contribution in [0.4, 0.5) is 4.79 Å². The third-order valence-corrected chi connectivity index (χ3v) is 3.73. The molecule has 2 rings (SSSR count). The number of carbonyl (C=O) groups excluding carboxylic acids is 3. The van der Waals surface area contributed by atoms with Gasteiger partial charge in [-0.05, 0) is 24.8 Å². The quantitative estimate of drug-likeness (QED) is 0.782. The van der Waals surface area contributed by atoms with Gasteiger partial charge in [-0.15, -0.1) is 0 Å². The van der Waals surface area contributed by atoms with Crippen molar-refractivity contribution in [2.45, 2.75) is 39.8 Å². The van der Waals surface area contributed by atoms with Crippen molar-refractivity contribution in [2.75, 3.05) is 6.54 Å². The zero-order valence-corrected chi connectivity index (χ0v) is 13.8.